The van der Waals surface area contributed by atoms with Crippen molar-refractivity contribution in [3.05, 3.63) is 58.0 Å². The summed E-state index contributed by atoms with van der Waals surface area (Å²) < 4.78 is 28.6. The average molecular weight is 391 g/mol. The molecule has 2 bridgehead atoms. The van der Waals surface area contributed by atoms with Gasteiger partial charge in [0, 0.05) is 17.6 Å². The molecule has 0 spiro atoms. The number of benzene rings is 2. The van der Waals surface area contributed by atoms with Gasteiger partial charge in [-0.2, -0.15) is 0 Å². The van der Waals surface area contributed by atoms with Crippen LogP contribution in [0.25, 0.3) is 0 Å². The third kappa shape index (κ3) is 2.38. The second-order valence-corrected chi connectivity index (χ2v) is 6.24. The zero-order valence-corrected chi connectivity index (χ0v) is 14.8. The molecule has 5 nitrogen and oxygen atoms in total. The van der Waals surface area contributed by atoms with Crippen molar-refractivity contribution < 1.29 is 23.7 Å². The van der Waals surface area contributed by atoms with Crippen LogP contribution < -0.4 is 18.9 Å². The fourth-order valence-corrected chi connectivity index (χ4v) is 3.60. The molecule has 4 rings (SSSR count). The van der Waals surface area contributed by atoms with Crippen molar-refractivity contribution in [2.45, 2.75) is 5.92 Å². The van der Waals surface area contributed by atoms with Crippen molar-refractivity contribution >= 4 is 15.9 Å². The zero-order valence-electron chi connectivity index (χ0n) is 13.2. The van der Waals surface area contributed by atoms with E-state index in [1.165, 1.54) is 0 Å². The highest BCUT2D eigenvalue weighted by molar-refractivity contribution is 9.10. The van der Waals surface area contributed by atoms with E-state index in [1.807, 2.05) is 36.4 Å². The minimum absolute atomic E-state index is 0.0403. The summed E-state index contributed by atoms with van der Waals surface area (Å²) in [5.74, 6) is 3.11. The molecule has 0 fully saturated rings. The van der Waals surface area contributed by atoms with Crippen molar-refractivity contribution in [3.63, 3.8) is 0 Å². The highest BCUT2D eigenvalue weighted by Crippen LogP contribution is 2.47. The van der Waals surface area contributed by atoms with Crippen LogP contribution in [0.5, 0.6) is 23.0 Å². The number of methoxy groups -OCH3 is 2. The Morgan fingerprint density at radius 1 is 1.12 bits per heavy atom. The standard InChI is InChI=1S/C18H15BrO5/c1-20-15-7-10(6-13(19)18(15)21-2)12-8-16-23-9-22-14-5-3-4-11(12)17(14)24-16/h3-8,12H,9H2,1-2H3. The normalized spacial score (nSPS) is 17.6. The summed E-state index contributed by atoms with van der Waals surface area (Å²) in [4.78, 5) is 0. The van der Waals surface area contributed by atoms with Gasteiger partial charge in [0.05, 0.1) is 18.7 Å². The number of hydrogen-bond donors (Lipinski definition) is 0. The van der Waals surface area contributed by atoms with Crippen molar-refractivity contribution in [1.82, 2.24) is 0 Å². The van der Waals surface area contributed by atoms with Crippen LogP contribution >= 0.6 is 15.9 Å². The van der Waals surface area contributed by atoms with Crippen LogP contribution in [0.3, 0.4) is 0 Å². The molecule has 0 saturated heterocycles. The summed E-state index contributed by atoms with van der Waals surface area (Å²) in [6.07, 6.45) is 1.94. The Morgan fingerprint density at radius 3 is 2.79 bits per heavy atom. The first kappa shape index (κ1) is 15.2. The first-order chi connectivity index (χ1) is 11.7. The Labute approximate surface area is 147 Å². The predicted molar refractivity (Wildman–Crippen MR) is 90.8 cm³/mol. The van der Waals surface area contributed by atoms with Crippen LogP contribution in [-0.2, 0) is 4.74 Å². The topological polar surface area (TPSA) is 46.2 Å². The molecule has 0 saturated carbocycles. The van der Waals surface area contributed by atoms with Crippen molar-refractivity contribution in [1.29, 1.82) is 0 Å². The van der Waals surface area contributed by atoms with E-state index in [4.69, 9.17) is 23.7 Å². The van der Waals surface area contributed by atoms with Crippen LogP contribution in [0.15, 0.2) is 46.8 Å². The van der Waals surface area contributed by atoms with Crippen molar-refractivity contribution in [3.8, 4) is 23.0 Å². The lowest BCUT2D eigenvalue weighted by molar-refractivity contribution is 0.0283. The van der Waals surface area contributed by atoms with E-state index in [9.17, 15) is 0 Å². The second kappa shape index (κ2) is 5.94. The second-order valence-electron chi connectivity index (χ2n) is 5.38. The molecule has 2 aromatic rings. The van der Waals surface area contributed by atoms with Gasteiger partial charge in [-0.1, -0.05) is 12.1 Å². The van der Waals surface area contributed by atoms with Crippen molar-refractivity contribution in [2.24, 2.45) is 0 Å². The minimum atomic E-state index is -0.0403. The maximum atomic E-state index is 5.80. The van der Waals surface area contributed by atoms with E-state index in [1.54, 1.807) is 14.2 Å². The molecule has 2 aromatic carbocycles. The van der Waals surface area contributed by atoms with Gasteiger partial charge in [-0.25, -0.2) is 0 Å². The van der Waals surface area contributed by atoms with E-state index < -0.39 is 0 Å². The zero-order chi connectivity index (χ0) is 16.7. The third-order valence-corrected chi connectivity index (χ3v) is 4.67. The number of hydrogen-bond acceptors (Lipinski definition) is 5. The summed E-state index contributed by atoms with van der Waals surface area (Å²) in [5, 5.41) is 0. The molecule has 2 heterocycles. The highest BCUT2D eigenvalue weighted by atomic mass is 79.9. The number of halogens is 1. The molecular formula is C18H15BrO5. The molecule has 0 aliphatic carbocycles. The Hall–Kier alpha value is -2.34. The lowest BCUT2D eigenvalue weighted by Gasteiger charge is -2.24. The summed E-state index contributed by atoms with van der Waals surface area (Å²) in [6.45, 7) is 0.130. The van der Waals surface area contributed by atoms with Gasteiger partial charge < -0.3 is 23.7 Å². The van der Waals surface area contributed by atoms with Gasteiger partial charge in [-0.3, -0.25) is 0 Å². The molecule has 1 unspecified atom stereocenters. The van der Waals surface area contributed by atoms with Gasteiger partial charge in [0.1, 0.15) is 0 Å². The lowest BCUT2D eigenvalue weighted by atomic mass is 9.89. The molecule has 0 radical (unpaired) electrons. The molecule has 2 aliphatic rings. The molecule has 24 heavy (non-hydrogen) atoms. The summed E-state index contributed by atoms with van der Waals surface area (Å²) >= 11 is 3.55. The van der Waals surface area contributed by atoms with Crippen LogP contribution in [0.1, 0.15) is 17.0 Å². The SMILES string of the molecule is COc1cc(C2C=C3OCOc4cccc2c4O3)cc(Br)c1OC. The number of allylic oxidation sites excluding steroid dienone is 1. The van der Waals surface area contributed by atoms with Crippen LogP contribution in [0.2, 0.25) is 0 Å². The average Bonchev–Trinajstić information content (AvgIpc) is 2.80. The van der Waals surface area contributed by atoms with Crippen LogP contribution in [0, 0.1) is 0 Å². The number of fused-ring (bicyclic) bond motifs is 1. The first-order valence-corrected chi connectivity index (χ1v) is 8.20. The predicted octanol–water partition coefficient (Wildman–Crippen LogP) is 4.20. The van der Waals surface area contributed by atoms with E-state index in [-0.39, 0.29) is 12.7 Å². The maximum Gasteiger partial charge on any atom is 0.284 e. The number of rotatable bonds is 3. The largest absolute Gasteiger partial charge is 0.493 e. The van der Waals surface area contributed by atoms with Gasteiger partial charge in [-0.05, 0) is 39.7 Å². The Bertz CT molecular complexity index is 830. The molecular weight excluding hydrogens is 376 g/mol. The van der Waals surface area contributed by atoms with Gasteiger partial charge in [0.2, 0.25) is 6.79 Å². The third-order valence-electron chi connectivity index (χ3n) is 4.08. The molecule has 0 amide bonds. The first-order valence-electron chi connectivity index (χ1n) is 7.41. The summed E-state index contributed by atoms with van der Waals surface area (Å²) in [5.41, 5.74) is 2.05. The molecule has 0 aromatic heterocycles. The number of para-hydroxylation sites is 1. The maximum absolute atomic E-state index is 5.80. The van der Waals surface area contributed by atoms with E-state index in [0.29, 0.717) is 28.9 Å². The van der Waals surface area contributed by atoms with Gasteiger partial charge in [0.15, 0.2) is 23.0 Å². The van der Waals surface area contributed by atoms with Crippen molar-refractivity contribution in [2.75, 3.05) is 21.0 Å². The molecule has 124 valence electrons. The number of ether oxygens (including phenoxy) is 5. The molecule has 0 N–H and O–H groups in total. The Morgan fingerprint density at radius 2 is 2.00 bits per heavy atom. The summed E-state index contributed by atoms with van der Waals surface area (Å²) in [6, 6.07) is 9.82. The Balaban J connectivity index is 1.89. The quantitative estimate of drug-likeness (QED) is 0.785. The van der Waals surface area contributed by atoms with E-state index in [2.05, 4.69) is 15.9 Å². The highest BCUT2D eigenvalue weighted by Gasteiger charge is 2.30. The van der Waals surface area contributed by atoms with Gasteiger partial charge in [-0.15, -0.1) is 0 Å². The van der Waals surface area contributed by atoms with E-state index >= 15 is 0 Å². The fraction of sp³-hybridized carbons (Fsp3) is 0.222. The molecule has 6 heteroatoms. The lowest BCUT2D eigenvalue weighted by Crippen LogP contribution is -2.11. The van der Waals surface area contributed by atoms with Gasteiger partial charge in [0.25, 0.3) is 5.95 Å². The fourth-order valence-electron chi connectivity index (χ4n) is 2.98. The van der Waals surface area contributed by atoms with E-state index in [0.717, 1.165) is 15.6 Å². The smallest absolute Gasteiger partial charge is 0.284 e. The van der Waals surface area contributed by atoms with Gasteiger partial charge >= 0.3 is 0 Å². The Kier molecular flexibility index (Phi) is 3.76. The monoisotopic (exact) mass is 390 g/mol. The molecule has 1 atom stereocenters. The molecule has 2 aliphatic heterocycles. The van der Waals surface area contributed by atoms with Crippen LogP contribution in [0.4, 0.5) is 0 Å². The minimum Gasteiger partial charge on any atom is -0.493 e. The van der Waals surface area contributed by atoms with Crippen LogP contribution in [-0.4, -0.2) is 21.0 Å². The summed E-state index contributed by atoms with van der Waals surface area (Å²) in [7, 11) is 3.24.